The Morgan fingerprint density at radius 3 is 2.85 bits per heavy atom. The van der Waals surface area contributed by atoms with E-state index in [4.69, 9.17) is 9.47 Å². The largest absolute Gasteiger partial charge is 0.493 e. The van der Waals surface area contributed by atoms with Crippen molar-refractivity contribution in [2.24, 2.45) is 0 Å². The van der Waals surface area contributed by atoms with Gasteiger partial charge >= 0.3 is 0 Å². The summed E-state index contributed by atoms with van der Waals surface area (Å²) in [5.74, 6) is 1.89. The summed E-state index contributed by atoms with van der Waals surface area (Å²) in [6, 6.07) is 9.45. The number of aromatic nitrogens is 3. The van der Waals surface area contributed by atoms with Gasteiger partial charge in [0.2, 0.25) is 4.96 Å². The van der Waals surface area contributed by atoms with Crippen LogP contribution in [0.3, 0.4) is 0 Å². The maximum atomic E-state index is 12.6. The number of benzene rings is 1. The van der Waals surface area contributed by atoms with Crippen LogP contribution in [0.5, 0.6) is 11.5 Å². The van der Waals surface area contributed by atoms with Gasteiger partial charge in [0, 0.05) is 0 Å². The Balaban J connectivity index is 1.76. The van der Waals surface area contributed by atoms with E-state index < -0.39 is 0 Å². The molecular formula is C18H15N3O3S2. The van der Waals surface area contributed by atoms with Gasteiger partial charge < -0.3 is 9.47 Å². The maximum Gasteiger partial charge on any atom is 0.291 e. The standard InChI is InChI=1S/C18H15N3O3S2/c1-3-24-12-7-6-11(9-13(12)23-2)10-15-17(22)21-18(26-15)19-16(20-21)14-5-4-8-25-14/h4-10H,3H2,1-2H3. The van der Waals surface area contributed by atoms with Gasteiger partial charge in [-0.15, -0.1) is 16.4 Å². The molecule has 0 unspecified atom stereocenters. The predicted octanol–water partition coefficient (Wildman–Crippen LogP) is 2.83. The van der Waals surface area contributed by atoms with Crippen molar-refractivity contribution in [2.45, 2.75) is 6.92 Å². The second kappa shape index (κ2) is 6.89. The summed E-state index contributed by atoms with van der Waals surface area (Å²) in [5.41, 5.74) is 0.679. The minimum atomic E-state index is -0.173. The van der Waals surface area contributed by atoms with Crippen LogP contribution in [0.15, 0.2) is 40.5 Å². The van der Waals surface area contributed by atoms with Crippen LogP contribution in [0.1, 0.15) is 12.5 Å². The molecule has 0 saturated heterocycles. The molecule has 0 amide bonds. The van der Waals surface area contributed by atoms with Gasteiger partial charge in [-0.05, 0) is 42.1 Å². The van der Waals surface area contributed by atoms with E-state index >= 15 is 0 Å². The lowest BCUT2D eigenvalue weighted by molar-refractivity contribution is 0.311. The molecule has 0 aliphatic carbocycles. The number of hydrogen-bond acceptors (Lipinski definition) is 7. The van der Waals surface area contributed by atoms with E-state index in [1.54, 1.807) is 18.4 Å². The minimum Gasteiger partial charge on any atom is -0.493 e. The van der Waals surface area contributed by atoms with Crippen molar-refractivity contribution in [1.29, 1.82) is 0 Å². The zero-order chi connectivity index (χ0) is 18.1. The highest BCUT2D eigenvalue weighted by atomic mass is 32.1. The molecule has 0 aliphatic heterocycles. The molecule has 1 aromatic carbocycles. The van der Waals surface area contributed by atoms with Crippen LogP contribution in [0.2, 0.25) is 0 Å². The number of fused-ring (bicyclic) bond motifs is 1. The third-order valence-electron chi connectivity index (χ3n) is 3.71. The Hall–Kier alpha value is -2.71. The van der Waals surface area contributed by atoms with Crippen molar-refractivity contribution >= 4 is 33.7 Å². The molecule has 0 saturated carbocycles. The Morgan fingerprint density at radius 1 is 1.27 bits per heavy atom. The number of rotatable bonds is 5. The van der Waals surface area contributed by atoms with Crippen LogP contribution in [0.25, 0.3) is 21.7 Å². The first-order valence-electron chi connectivity index (χ1n) is 7.95. The molecule has 132 valence electrons. The first kappa shape index (κ1) is 16.7. The molecule has 0 radical (unpaired) electrons. The van der Waals surface area contributed by atoms with Crippen molar-refractivity contribution in [2.75, 3.05) is 13.7 Å². The van der Waals surface area contributed by atoms with Crippen LogP contribution in [0.4, 0.5) is 0 Å². The predicted molar refractivity (Wildman–Crippen MR) is 103 cm³/mol. The SMILES string of the molecule is CCOc1ccc(C=c2sc3nc(-c4cccs4)nn3c2=O)cc1OC. The van der Waals surface area contributed by atoms with E-state index in [2.05, 4.69) is 10.1 Å². The van der Waals surface area contributed by atoms with Gasteiger partial charge in [-0.1, -0.05) is 23.5 Å². The number of ether oxygens (including phenoxy) is 2. The smallest absolute Gasteiger partial charge is 0.291 e. The van der Waals surface area contributed by atoms with Gasteiger partial charge in [0.05, 0.1) is 23.1 Å². The first-order valence-corrected chi connectivity index (χ1v) is 9.65. The summed E-state index contributed by atoms with van der Waals surface area (Å²) in [7, 11) is 1.59. The highest BCUT2D eigenvalue weighted by molar-refractivity contribution is 7.15. The molecule has 0 N–H and O–H groups in total. The van der Waals surface area contributed by atoms with Crippen molar-refractivity contribution in [1.82, 2.24) is 14.6 Å². The molecule has 4 aromatic rings. The molecule has 0 atom stereocenters. The quantitative estimate of drug-likeness (QED) is 0.529. The zero-order valence-electron chi connectivity index (χ0n) is 14.1. The van der Waals surface area contributed by atoms with Gasteiger partial charge in [0.25, 0.3) is 5.56 Å². The summed E-state index contributed by atoms with van der Waals surface area (Å²) in [6.45, 7) is 2.48. The van der Waals surface area contributed by atoms with Gasteiger partial charge in [-0.25, -0.2) is 0 Å². The summed E-state index contributed by atoms with van der Waals surface area (Å²) in [6.07, 6.45) is 1.81. The first-order chi connectivity index (χ1) is 12.7. The van der Waals surface area contributed by atoms with Gasteiger partial charge in [0.15, 0.2) is 17.3 Å². The highest BCUT2D eigenvalue weighted by Gasteiger charge is 2.12. The average Bonchev–Trinajstić information content (AvgIpc) is 3.35. The summed E-state index contributed by atoms with van der Waals surface area (Å²) in [4.78, 5) is 18.6. The lowest BCUT2D eigenvalue weighted by atomic mass is 10.2. The third-order valence-corrected chi connectivity index (χ3v) is 5.53. The van der Waals surface area contributed by atoms with Crippen LogP contribution in [-0.4, -0.2) is 28.3 Å². The Morgan fingerprint density at radius 2 is 2.15 bits per heavy atom. The maximum absolute atomic E-state index is 12.6. The van der Waals surface area contributed by atoms with Crippen molar-refractivity contribution in [3.05, 3.63) is 56.2 Å². The van der Waals surface area contributed by atoms with E-state index in [-0.39, 0.29) is 5.56 Å². The average molecular weight is 385 g/mol. The van der Waals surface area contributed by atoms with Crippen molar-refractivity contribution in [3.8, 4) is 22.2 Å². The van der Waals surface area contributed by atoms with Gasteiger partial charge in [-0.3, -0.25) is 4.79 Å². The van der Waals surface area contributed by atoms with Gasteiger partial charge in [0.1, 0.15) is 0 Å². The fourth-order valence-corrected chi connectivity index (χ4v) is 4.10. The van der Waals surface area contributed by atoms with Crippen molar-refractivity contribution in [3.63, 3.8) is 0 Å². The molecule has 0 bridgehead atoms. The second-order valence-corrected chi connectivity index (χ2v) is 7.32. The minimum absolute atomic E-state index is 0.173. The molecule has 0 aliphatic rings. The van der Waals surface area contributed by atoms with Crippen LogP contribution >= 0.6 is 22.7 Å². The fraction of sp³-hybridized carbons (Fsp3) is 0.167. The molecule has 26 heavy (non-hydrogen) atoms. The summed E-state index contributed by atoms with van der Waals surface area (Å²) >= 11 is 2.87. The van der Waals surface area contributed by atoms with Crippen molar-refractivity contribution < 1.29 is 9.47 Å². The van der Waals surface area contributed by atoms with E-state index in [0.29, 0.717) is 33.4 Å². The van der Waals surface area contributed by atoms with Crippen LogP contribution in [0, 0.1) is 0 Å². The molecule has 4 rings (SSSR count). The lowest BCUT2D eigenvalue weighted by Gasteiger charge is -2.09. The van der Waals surface area contributed by atoms with Crippen LogP contribution < -0.4 is 19.6 Å². The van der Waals surface area contributed by atoms with Gasteiger partial charge in [-0.2, -0.15) is 9.50 Å². The normalized spacial score (nSPS) is 12.0. The number of thiophene rings is 1. The topological polar surface area (TPSA) is 65.7 Å². The summed E-state index contributed by atoms with van der Waals surface area (Å²) < 4.78 is 12.8. The third kappa shape index (κ3) is 2.97. The van der Waals surface area contributed by atoms with E-state index in [1.807, 2.05) is 48.7 Å². The number of nitrogens with zero attached hydrogens (tertiary/aromatic N) is 3. The van der Waals surface area contributed by atoms with Crippen LogP contribution in [-0.2, 0) is 0 Å². The summed E-state index contributed by atoms with van der Waals surface area (Å²) in [5, 5.41) is 6.30. The van der Waals surface area contributed by atoms with E-state index in [1.165, 1.54) is 15.9 Å². The molecule has 0 fully saturated rings. The highest BCUT2D eigenvalue weighted by Crippen LogP contribution is 2.28. The monoisotopic (exact) mass is 385 g/mol. The molecule has 3 aromatic heterocycles. The lowest BCUT2D eigenvalue weighted by Crippen LogP contribution is -2.23. The Bertz CT molecular complexity index is 1160. The molecule has 3 heterocycles. The molecule has 6 nitrogen and oxygen atoms in total. The zero-order valence-corrected chi connectivity index (χ0v) is 15.8. The number of hydrogen-bond donors (Lipinski definition) is 0. The Labute approximate surface area is 157 Å². The van der Waals surface area contributed by atoms with E-state index in [0.717, 1.165) is 10.4 Å². The fourth-order valence-electron chi connectivity index (χ4n) is 2.54. The number of thiazole rings is 1. The molecule has 8 heteroatoms. The number of methoxy groups -OCH3 is 1. The molecule has 0 spiro atoms. The second-order valence-electron chi connectivity index (χ2n) is 5.37. The molecular weight excluding hydrogens is 370 g/mol. The van der Waals surface area contributed by atoms with E-state index in [9.17, 15) is 4.79 Å². The Kier molecular flexibility index (Phi) is 4.44.